The molecule has 21 heavy (non-hydrogen) atoms. The summed E-state index contributed by atoms with van der Waals surface area (Å²) >= 11 is 7.24. The Kier molecular flexibility index (Phi) is 4.49. The second kappa shape index (κ2) is 6.05. The van der Waals surface area contributed by atoms with Gasteiger partial charge in [-0.05, 0) is 72.1 Å². The van der Waals surface area contributed by atoms with Crippen LogP contribution in [0, 0.1) is 0 Å². The largest absolute Gasteiger partial charge is 0.467 e. The van der Waals surface area contributed by atoms with E-state index in [4.69, 9.17) is 4.74 Å². The van der Waals surface area contributed by atoms with Crippen LogP contribution >= 0.6 is 31.9 Å². The molecule has 1 fully saturated rings. The number of nitrogens with zero attached hydrogens (tertiary/aromatic N) is 1. The third-order valence-electron chi connectivity index (χ3n) is 4.63. The summed E-state index contributed by atoms with van der Waals surface area (Å²) < 4.78 is 8.75. The third kappa shape index (κ3) is 2.60. The molecule has 3 rings (SSSR count). The molecule has 0 radical (unpaired) electrons. The minimum Gasteiger partial charge on any atom is -0.467 e. The lowest BCUT2D eigenvalue weighted by atomic mass is 9.82. The van der Waals surface area contributed by atoms with Crippen LogP contribution in [0.25, 0.3) is 6.08 Å². The molecule has 0 aromatic heterocycles. The van der Waals surface area contributed by atoms with E-state index in [-0.39, 0.29) is 5.72 Å². The predicted molar refractivity (Wildman–Crippen MR) is 94.6 cm³/mol. The van der Waals surface area contributed by atoms with Gasteiger partial charge in [-0.15, -0.1) is 0 Å². The summed E-state index contributed by atoms with van der Waals surface area (Å²) in [6.45, 7) is 6.47. The number of fused-ring (bicyclic) bond motifs is 2. The smallest absolute Gasteiger partial charge is 0.186 e. The van der Waals surface area contributed by atoms with Gasteiger partial charge in [0.25, 0.3) is 0 Å². The summed E-state index contributed by atoms with van der Waals surface area (Å²) in [5, 5.41) is 0. The van der Waals surface area contributed by atoms with Crippen LogP contribution in [-0.4, -0.2) is 23.7 Å². The highest BCUT2D eigenvalue weighted by Gasteiger charge is 2.45. The van der Waals surface area contributed by atoms with Crippen molar-refractivity contribution in [3.8, 4) is 5.75 Å². The molecule has 1 aromatic carbocycles. The molecule has 1 saturated carbocycles. The fraction of sp³-hybridized carbons (Fsp3) is 0.529. The standard InChI is InChI=1S/C17H21Br2NO/c1-3-20(4-2)17-8-6-5-7-13(17)9-12-10-14(18)11-15(19)16(12)21-17/h9-11H,3-8H2,1-2H3. The van der Waals surface area contributed by atoms with Crippen LogP contribution in [0.2, 0.25) is 0 Å². The van der Waals surface area contributed by atoms with Crippen LogP contribution in [0.3, 0.4) is 0 Å². The van der Waals surface area contributed by atoms with Crippen molar-refractivity contribution in [2.75, 3.05) is 13.1 Å². The molecule has 1 aromatic rings. The summed E-state index contributed by atoms with van der Waals surface area (Å²) in [6, 6.07) is 4.21. The lowest BCUT2D eigenvalue weighted by molar-refractivity contribution is -0.0693. The fourth-order valence-electron chi connectivity index (χ4n) is 3.65. The molecule has 0 N–H and O–H groups in total. The van der Waals surface area contributed by atoms with Crippen molar-refractivity contribution in [1.29, 1.82) is 0 Å². The van der Waals surface area contributed by atoms with Crippen LogP contribution in [0.15, 0.2) is 26.7 Å². The van der Waals surface area contributed by atoms with E-state index in [9.17, 15) is 0 Å². The monoisotopic (exact) mass is 413 g/mol. The Morgan fingerprint density at radius 3 is 2.67 bits per heavy atom. The topological polar surface area (TPSA) is 12.5 Å². The molecule has 1 atom stereocenters. The molecule has 2 nitrogen and oxygen atoms in total. The molecule has 1 heterocycles. The zero-order valence-electron chi connectivity index (χ0n) is 12.6. The van der Waals surface area contributed by atoms with Crippen LogP contribution in [0.4, 0.5) is 0 Å². The molecule has 1 unspecified atom stereocenters. The first-order valence-corrected chi connectivity index (χ1v) is 9.33. The first kappa shape index (κ1) is 15.6. The van der Waals surface area contributed by atoms with Gasteiger partial charge in [0.15, 0.2) is 5.72 Å². The fourth-order valence-corrected chi connectivity index (χ4v) is 4.99. The molecule has 0 spiro atoms. The quantitative estimate of drug-likeness (QED) is 0.638. The van der Waals surface area contributed by atoms with E-state index in [1.165, 1.54) is 24.0 Å². The second-order valence-corrected chi connectivity index (χ2v) is 7.51. The molecule has 1 aliphatic carbocycles. The lowest BCUT2D eigenvalue weighted by Crippen LogP contribution is -2.56. The van der Waals surface area contributed by atoms with Crippen molar-refractivity contribution >= 4 is 37.9 Å². The maximum atomic E-state index is 6.64. The van der Waals surface area contributed by atoms with Gasteiger partial charge in [0.05, 0.1) is 4.47 Å². The zero-order valence-corrected chi connectivity index (χ0v) is 15.8. The number of hydrogen-bond donors (Lipinski definition) is 0. The summed E-state index contributed by atoms with van der Waals surface area (Å²) in [5.74, 6) is 0.982. The van der Waals surface area contributed by atoms with Gasteiger partial charge >= 0.3 is 0 Å². The minimum absolute atomic E-state index is 0.231. The number of benzene rings is 1. The Morgan fingerprint density at radius 1 is 1.19 bits per heavy atom. The normalized spacial score (nSPS) is 24.1. The van der Waals surface area contributed by atoms with E-state index >= 15 is 0 Å². The molecular formula is C17H21Br2NO. The van der Waals surface area contributed by atoms with Crippen molar-refractivity contribution in [3.05, 3.63) is 32.2 Å². The van der Waals surface area contributed by atoms with Crippen molar-refractivity contribution in [2.45, 2.75) is 45.3 Å². The van der Waals surface area contributed by atoms with Crippen molar-refractivity contribution in [3.63, 3.8) is 0 Å². The molecule has 0 bridgehead atoms. The Bertz CT molecular complexity index is 580. The number of halogens is 2. The van der Waals surface area contributed by atoms with Gasteiger partial charge < -0.3 is 4.74 Å². The second-order valence-electron chi connectivity index (χ2n) is 5.74. The molecule has 0 amide bonds. The summed E-state index contributed by atoms with van der Waals surface area (Å²) in [4.78, 5) is 2.47. The third-order valence-corrected chi connectivity index (χ3v) is 5.67. The van der Waals surface area contributed by atoms with Crippen molar-refractivity contribution in [2.24, 2.45) is 0 Å². The molecular weight excluding hydrogens is 394 g/mol. The molecule has 0 saturated heterocycles. The Balaban J connectivity index is 2.13. The summed E-state index contributed by atoms with van der Waals surface area (Å²) in [5.41, 5.74) is 2.39. The van der Waals surface area contributed by atoms with E-state index in [1.54, 1.807) is 0 Å². The van der Waals surface area contributed by atoms with Gasteiger partial charge in [-0.1, -0.05) is 29.8 Å². The summed E-state index contributed by atoms with van der Waals surface area (Å²) in [7, 11) is 0. The van der Waals surface area contributed by atoms with Gasteiger partial charge in [0, 0.05) is 16.5 Å². The van der Waals surface area contributed by atoms with E-state index in [2.05, 4.69) is 68.8 Å². The highest BCUT2D eigenvalue weighted by atomic mass is 79.9. The van der Waals surface area contributed by atoms with Gasteiger partial charge in [-0.3, -0.25) is 4.90 Å². The van der Waals surface area contributed by atoms with E-state index < -0.39 is 0 Å². The summed E-state index contributed by atoms with van der Waals surface area (Å²) in [6.07, 6.45) is 7.08. The highest BCUT2D eigenvalue weighted by Crippen LogP contribution is 2.48. The maximum absolute atomic E-state index is 6.64. The van der Waals surface area contributed by atoms with Gasteiger partial charge in [0.1, 0.15) is 5.75 Å². The van der Waals surface area contributed by atoms with Crippen molar-refractivity contribution in [1.82, 2.24) is 4.90 Å². The minimum atomic E-state index is -0.231. The van der Waals surface area contributed by atoms with Gasteiger partial charge in [-0.2, -0.15) is 0 Å². The van der Waals surface area contributed by atoms with Crippen LogP contribution in [0.1, 0.15) is 45.1 Å². The number of rotatable bonds is 3. The molecule has 1 aliphatic heterocycles. The van der Waals surface area contributed by atoms with E-state index in [1.807, 2.05) is 0 Å². The zero-order chi connectivity index (χ0) is 15.0. The van der Waals surface area contributed by atoms with E-state index in [0.29, 0.717) is 0 Å². The Hall–Kier alpha value is -0.320. The highest BCUT2D eigenvalue weighted by molar-refractivity contribution is 9.11. The van der Waals surface area contributed by atoms with Crippen LogP contribution in [-0.2, 0) is 0 Å². The molecule has 114 valence electrons. The van der Waals surface area contributed by atoms with Gasteiger partial charge in [-0.25, -0.2) is 0 Å². The number of likely N-dealkylation sites (N-methyl/N-ethyl adjacent to an activating group) is 1. The molecule has 4 heteroatoms. The predicted octanol–water partition coefficient (Wildman–Crippen LogP) is 5.60. The first-order chi connectivity index (χ1) is 10.1. The lowest BCUT2D eigenvalue weighted by Gasteiger charge is -2.49. The SMILES string of the molecule is CCN(CC)C12CCCCC1=Cc1cc(Br)cc(Br)c1O2. The average Bonchev–Trinajstić information content (AvgIpc) is 2.47. The van der Waals surface area contributed by atoms with Crippen molar-refractivity contribution < 1.29 is 4.74 Å². The Labute approximate surface area is 143 Å². The Morgan fingerprint density at radius 2 is 1.95 bits per heavy atom. The van der Waals surface area contributed by atoms with Gasteiger partial charge in [0.2, 0.25) is 0 Å². The van der Waals surface area contributed by atoms with Crippen LogP contribution in [0.5, 0.6) is 5.75 Å². The maximum Gasteiger partial charge on any atom is 0.186 e. The first-order valence-electron chi connectivity index (χ1n) is 7.75. The molecule has 2 aliphatic rings. The number of ether oxygens (including phenoxy) is 1. The number of hydrogen-bond acceptors (Lipinski definition) is 2. The average molecular weight is 415 g/mol. The van der Waals surface area contributed by atoms with E-state index in [0.717, 1.165) is 40.6 Å². The van der Waals surface area contributed by atoms with Crippen LogP contribution < -0.4 is 4.74 Å².